The highest BCUT2D eigenvalue weighted by Crippen LogP contribution is 2.32. The average molecular weight is 282 g/mol. The highest BCUT2D eigenvalue weighted by molar-refractivity contribution is 5.71. The smallest absolute Gasteiger partial charge is 0.308 e. The lowest BCUT2D eigenvalue weighted by Crippen LogP contribution is -2.32. The molecule has 1 N–H and O–H groups in total. The average Bonchev–Trinajstić information content (AvgIpc) is 2.43. The van der Waals surface area contributed by atoms with Crippen molar-refractivity contribution in [3.8, 4) is 5.75 Å². The van der Waals surface area contributed by atoms with Crippen LogP contribution in [-0.2, 0) is 4.79 Å². The molecule has 0 radical (unpaired) electrons. The molecule has 1 atom stereocenters. The highest BCUT2D eigenvalue weighted by atomic mass is 16.6. The van der Waals surface area contributed by atoms with Crippen LogP contribution in [0.1, 0.15) is 13.8 Å². The van der Waals surface area contributed by atoms with Crippen LogP contribution in [0.25, 0.3) is 0 Å². The van der Waals surface area contributed by atoms with Crippen LogP contribution in [0.15, 0.2) is 18.2 Å². The number of hydrogen-bond donors (Lipinski definition) is 1. The predicted molar refractivity (Wildman–Crippen MR) is 74.3 cm³/mol. The van der Waals surface area contributed by atoms with E-state index < -0.39 is 16.8 Å². The number of ether oxygens (including phenoxy) is 1. The summed E-state index contributed by atoms with van der Waals surface area (Å²) in [7, 11) is 1.47. The van der Waals surface area contributed by atoms with Gasteiger partial charge in [-0.1, -0.05) is 6.92 Å². The molecule has 7 heteroatoms. The Bertz CT molecular complexity index is 504. The first-order chi connectivity index (χ1) is 9.40. The molecule has 0 bridgehead atoms. The van der Waals surface area contributed by atoms with Crippen LogP contribution in [0.2, 0.25) is 0 Å². The number of nitrogens with zero attached hydrogens (tertiary/aromatic N) is 2. The van der Waals surface area contributed by atoms with Gasteiger partial charge < -0.3 is 14.7 Å². The Balaban J connectivity index is 3.14. The second-order valence-corrected chi connectivity index (χ2v) is 4.39. The van der Waals surface area contributed by atoms with Crippen LogP contribution in [0.4, 0.5) is 11.4 Å². The standard InChI is InChI=1S/C13H18N2O5/c1-4-14(8-9(2)13(16)17)11-7-10(15(18)19)5-6-12(11)20-3/h5-7,9H,4,8H2,1-3H3,(H,16,17). The molecule has 7 nitrogen and oxygen atoms in total. The van der Waals surface area contributed by atoms with Gasteiger partial charge in [-0.3, -0.25) is 14.9 Å². The monoisotopic (exact) mass is 282 g/mol. The number of aliphatic carboxylic acids is 1. The van der Waals surface area contributed by atoms with Crippen LogP contribution in [0.3, 0.4) is 0 Å². The van der Waals surface area contributed by atoms with Crippen LogP contribution < -0.4 is 9.64 Å². The number of non-ortho nitro benzene ring substituents is 1. The fraction of sp³-hybridized carbons (Fsp3) is 0.462. The number of carboxylic acids is 1. The second kappa shape index (κ2) is 6.74. The Morgan fingerprint density at radius 1 is 1.55 bits per heavy atom. The quantitative estimate of drug-likeness (QED) is 0.608. The first-order valence-corrected chi connectivity index (χ1v) is 6.20. The lowest BCUT2D eigenvalue weighted by atomic mass is 10.1. The van der Waals surface area contributed by atoms with E-state index in [0.29, 0.717) is 18.0 Å². The van der Waals surface area contributed by atoms with Gasteiger partial charge in [0.05, 0.1) is 23.6 Å². The van der Waals surface area contributed by atoms with Crippen molar-refractivity contribution in [2.24, 2.45) is 5.92 Å². The highest BCUT2D eigenvalue weighted by Gasteiger charge is 2.20. The summed E-state index contributed by atoms with van der Waals surface area (Å²) in [5.74, 6) is -1.01. The van der Waals surface area contributed by atoms with Crippen molar-refractivity contribution in [1.82, 2.24) is 0 Å². The fourth-order valence-corrected chi connectivity index (χ4v) is 1.85. The summed E-state index contributed by atoms with van der Waals surface area (Å²) in [6, 6.07) is 4.27. The Labute approximate surface area is 116 Å². The van der Waals surface area contributed by atoms with Gasteiger partial charge in [-0.2, -0.15) is 0 Å². The number of nitro benzene ring substituents is 1. The maximum atomic E-state index is 10.9. The zero-order chi connectivity index (χ0) is 15.3. The molecule has 1 aromatic rings. The van der Waals surface area contributed by atoms with Gasteiger partial charge in [0.15, 0.2) is 0 Å². The van der Waals surface area contributed by atoms with Crippen molar-refractivity contribution < 1.29 is 19.6 Å². The normalized spacial score (nSPS) is 11.8. The lowest BCUT2D eigenvalue weighted by Gasteiger charge is -2.26. The predicted octanol–water partition coefficient (Wildman–Crippen LogP) is 2.15. The van der Waals surface area contributed by atoms with Gasteiger partial charge in [0.2, 0.25) is 0 Å². The molecule has 0 aliphatic rings. The third kappa shape index (κ3) is 3.59. The number of methoxy groups -OCH3 is 1. The molecule has 0 spiro atoms. The van der Waals surface area contributed by atoms with Gasteiger partial charge in [-0.05, 0) is 13.0 Å². The van der Waals surface area contributed by atoms with Crippen LogP contribution in [-0.4, -0.2) is 36.2 Å². The summed E-state index contributed by atoms with van der Waals surface area (Å²) in [4.78, 5) is 23.1. The van der Waals surface area contributed by atoms with E-state index in [2.05, 4.69) is 0 Å². The molecule has 0 aliphatic carbocycles. The molecular weight excluding hydrogens is 264 g/mol. The molecule has 1 aromatic carbocycles. The van der Waals surface area contributed by atoms with E-state index in [1.807, 2.05) is 6.92 Å². The van der Waals surface area contributed by atoms with Gasteiger partial charge in [0.1, 0.15) is 5.75 Å². The number of nitro groups is 1. The number of anilines is 1. The van der Waals surface area contributed by atoms with Crippen LogP contribution in [0, 0.1) is 16.0 Å². The number of hydrogen-bond acceptors (Lipinski definition) is 5. The Hall–Kier alpha value is -2.31. The first-order valence-electron chi connectivity index (χ1n) is 6.20. The molecular formula is C13H18N2O5. The molecule has 1 unspecified atom stereocenters. The van der Waals surface area contributed by atoms with Gasteiger partial charge in [-0.25, -0.2) is 0 Å². The maximum absolute atomic E-state index is 10.9. The second-order valence-electron chi connectivity index (χ2n) is 4.39. The molecule has 0 heterocycles. The molecule has 0 amide bonds. The zero-order valence-electron chi connectivity index (χ0n) is 11.7. The number of rotatable bonds is 7. The summed E-state index contributed by atoms with van der Waals surface area (Å²) >= 11 is 0. The SMILES string of the molecule is CCN(CC(C)C(=O)O)c1cc([N+](=O)[O-])ccc1OC. The zero-order valence-corrected chi connectivity index (χ0v) is 11.7. The van der Waals surface area contributed by atoms with E-state index in [1.54, 1.807) is 11.8 Å². The summed E-state index contributed by atoms with van der Waals surface area (Å²) in [6.07, 6.45) is 0. The van der Waals surface area contributed by atoms with Gasteiger partial charge in [0.25, 0.3) is 5.69 Å². The largest absolute Gasteiger partial charge is 0.495 e. The van der Waals surface area contributed by atoms with Crippen molar-refractivity contribution in [3.05, 3.63) is 28.3 Å². The number of carboxylic acid groups (broad SMARTS) is 1. The minimum Gasteiger partial charge on any atom is -0.495 e. The van der Waals surface area contributed by atoms with Crippen molar-refractivity contribution in [2.75, 3.05) is 25.1 Å². The van der Waals surface area contributed by atoms with E-state index in [4.69, 9.17) is 9.84 Å². The molecule has 0 aromatic heterocycles. The summed E-state index contributed by atoms with van der Waals surface area (Å²) in [5.41, 5.74) is 0.472. The van der Waals surface area contributed by atoms with Gasteiger partial charge in [-0.15, -0.1) is 0 Å². The van der Waals surface area contributed by atoms with E-state index in [1.165, 1.54) is 25.3 Å². The molecule has 20 heavy (non-hydrogen) atoms. The molecule has 0 saturated carbocycles. The third-order valence-electron chi connectivity index (χ3n) is 3.01. The van der Waals surface area contributed by atoms with Crippen molar-refractivity contribution in [3.63, 3.8) is 0 Å². The Morgan fingerprint density at radius 3 is 2.65 bits per heavy atom. The topological polar surface area (TPSA) is 92.9 Å². The molecule has 0 saturated heterocycles. The molecule has 0 fully saturated rings. The minimum atomic E-state index is -0.909. The van der Waals surface area contributed by atoms with E-state index >= 15 is 0 Å². The lowest BCUT2D eigenvalue weighted by molar-refractivity contribution is -0.384. The Morgan fingerprint density at radius 2 is 2.20 bits per heavy atom. The van der Waals surface area contributed by atoms with Crippen molar-refractivity contribution >= 4 is 17.3 Å². The van der Waals surface area contributed by atoms with Crippen LogP contribution >= 0.6 is 0 Å². The third-order valence-corrected chi connectivity index (χ3v) is 3.01. The Kier molecular flexibility index (Phi) is 5.31. The summed E-state index contributed by atoms with van der Waals surface area (Å²) in [5, 5.41) is 19.8. The molecule has 0 aliphatic heterocycles. The summed E-state index contributed by atoms with van der Waals surface area (Å²) < 4.78 is 5.19. The van der Waals surface area contributed by atoms with Crippen molar-refractivity contribution in [2.45, 2.75) is 13.8 Å². The van der Waals surface area contributed by atoms with E-state index in [-0.39, 0.29) is 12.2 Å². The number of carbonyl (C=O) groups is 1. The summed E-state index contributed by atoms with van der Waals surface area (Å²) in [6.45, 7) is 4.22. The van der Waals surface area contributed by atoms with E-state index in [9.17, 15) is 14.9 Å². The molecule has 1 rings (SSSR count). The van der Waals surface area contributed by atoms with Gasteiger partial charge >= 0.3 is 5.97 Å². The molecule has 110 valence electrons. The van der Waals surface area contributed by atoms with Crippen LogP contribution in [0.5, 0.6) is 5.75 Å². The van der Waals surface area contributed by atoms with Gasteiger partial charge in [0, 0.05) is 25.2 Å². The maximum Gasteiger partial charge on any atom is 0.308 e. The minimum absolute atomic E-state index is 0.0535. The first kappa shape index (κ1) is 15.7. The number of benzene rings is 1. The van der Waals surface area contributed by atoms with E-state index in [0.717, 1.165) is 0 Å². The van der Waals surface area contributed by atoms with Crippen molar-refractivity contribution in [1.29, 1.82) is 0 Å². The fourth-order valence-electron chi connectivity index (χ4n) is 1.85.